The SMILES string of the molecule is COc1ccc(-c2nn(-c3ccccc3)cc2C=C(C#N)C(=O)NC(C)C)cc1. The number of nitriles is 1. The predicted molar refractivity (Wildman–Crippen MR) is 112 cm³/mol. The first-order valence-electron chi connectivity index (χ1n) is 9.24. The highest BCUT2D eigenvalue weighted by molar-refractivity contribution is 6.02. The second-order valence-electron chi connectivity index (χ2n) is 6.74. The maximum Gasteiger partial charge on any atom is 0.262 e. The van der Waals surface area contributed by atoms with Crippen molar-refractivity contribution in [2.75, 3.05) is 7.11 Å². The van der Waals surface area contributed by atoms with Gasteiger partial charge in [0.1, 0.15) is 17.4 Å². The van der Waals surface area contributed by atoms with Crippen LogP contribution in [-0.2, 0) is 4.79 Å². The van der Waals surface area contributed by atoms with Gasteiger partial charge < -0.3 is 10.1 Å². The van der Waals surface area contributed by atoms with Crippen LogP contribution in [0.15, 0.2) is 66.4 Å². The highest BCUT2D eigenvalue weighted by Gasteiger charge is 2.15. The van der Waals surface area contributed by atoms with E-state index in [-0.39, 0.29) is 11.6 Å². The van der Waals surface area contributed by atoms with Crippen LogP contribution in [0.2, 0.25) is 0 Å². The van der Waals surface area contributed by atoms with Crippen LogP contribution in [0.3, 0.4) is 0 Å². The number of ether oxygens (including phenoxy) is 1. The van der Waals surface area contributed by atoms with Gasteiger partial charge in [0.2, 0.25) is 0 Å². The van der Waals surface area contributed by atoms with E-state index in [2.05, 4.69) is 5.32 Å². The van der Waals surface area contributed by atoms with Crippen LogP contribution in [0, 0.1) is 11.3 Å². The zero-order valence-electron chi connectivity index (χ0n) is 16.6. The number of hydrogen-bond donors (Lipinski definition) is 1. The number of nitrogens with zero attached hydrogens (tertiary/aromatic N) is 3. The molecule has 0 aliphatic carbocycles. The second kappa shape index (κ2) is 8.89. The maximum atomic E-state index is 12.4. The average molecular weight is 386 g/mol. The van der Waals surface area contributed by atoms with E-state index < -0.39 is 5.91 Å². The summed E-state index contributed by atoms with van der Waals surface area (Å²) in [5, 5.41) is 17.0. The summed E-state index contributed by atoms with van der Waals surface area (Å²) in [7, 11) is 1.61. The Morgan fingerprint density at radius 1 is 1.17 bits per heavy atom. The monoisotopic (exact) mass is 386 g/mol. The molecule has 6 nitrogen and oxygen atoms in total. The largest absolute Gasteiger partial charge is 0.497 e. The van der Waals surface area contributed by atoms with E-state index in [1.54, 1.807) is 17.9 Å². The van der Waals surface area contributed by atoms with Crippen LogP contribution < -0.4 is 10.1 Å². The van der Waals surface area contributed by atoms with Crippen molar-refractivity contribution in [3.8, 4) is 28.8 Å². The molecule has 0 spiro atoms. The molecule has 0 radical (unpaired) electrons. The molecular weight excluding hydrogens is 364 g/mol. The molecule has 1 heterocycles. The first-order valence-corrected chi connectivity index (χ1v) is 9.24. The van der Waals surface area contributed by atoms with Crippen molar-refractivity contribution in [3.05, 3.63) is 71.9 Å². The molecule has 3 aromatic rings. The fourth-order valence-electron chi connectivity index (χ4n) is 2.82. The normalized spacial score (nSPS) is 11.2. The van der Waals surface area contributed by atoms with Gasteiger partial charge in [-0.3, -0.25) is 4.79 Å². The summed E-state index contributed by atoms with van der Waals surface area (Å²) in [4.78, 5) is 12.4. The van der Waals surface area contributed by atoms with Crippen LogP contribution in [0.5, 0.6) is 5.75 Å². The minimum atomic E-state index is -0.407. The Morgan fingerprint density at radius 2 is 1.86 bits per heavy atom. The van der Waals surface area contributed by atoms with Crippen LogP contribution in [0.4, 0.5) is 0 Å². The molecule has 1 aromatic heterocycles. The van der Waals surface area contributed by atoms with Gasteiger partial charge in [0.25, 0.3) is 5.91 Å². The van der Waals surface area contributed by atoms with Gasteiger partial charge in [-0.2, -0.15) is 10.4 Å². The van der Waals surface area contributed by atoms with E-state index in [1.165, 1.54) is 0 Å². The topological polar surface area (TPSA) is 79.9 Å². The zero-order chi connectivity index (χ0) is 20.8. The molecule has 0 saturated carbocycles. The average Bonchev–Trinajstić information content (AvgIpc) is 3.16. The van der Waals surface area contributed by atoms with E-state index >= 15 is 0 Å². The highest BCUT2D eigenvalue weighted by Crippen LogP contribution is 2.27. The first kappa shape index (κ1) is 19.9. The van der Waals surface area contributed by atoms with E-state index in [4.69, 9.17) is 9.84 Å². The number of nitrogens with one attached hydrogen (secondary N) is 1. The van der Waals surface area contributed by atoms with E-state index in [0.29, 0.717) is 11.3 Å². The van der Waals surface area contributed by atoms with Gasteiger partial charge >= 0.3 is 0 Å². The fourth-order valence-corrected chi connectivity index (χ4v) is 2.82. The molecule has 1 N–H and O–H groups in total. The molecule has 3 rings (SSSR count). The third kappa shape index (κ3) is 4.71. The fraction of sp³-hybridized carbons (Fsp3) is 0.174. The molecule has 146 valence electrons. The molecule has 2 aromatic carbocycles. The van der Waals surface area contributed by atoms with Crippen molar-refractivity contribution in [2.24, 2.45) is 0 Å². The van der Waals surface area contributed by atoms with Crippen LogP contribution in [0.25, 0.3) is 23.0 Å². The summed E-state index contributed by atoms with van der Waals surface area (Å²) in [5.41, 5.74) is 3.11. The third-order valence-corrected chi connectivity index (χ3v) is 4.21. The Balaban J connectivity index is 2.10. The van der Waals surface area contributed by atoms with Gasteiger partial charge in [-0.25, -0.2) is 4.68 Å². The Morgan fingerprint density at radius 3 is 2.45 bits per heavy atom. The van der Waals surface area contributed by atoms with Crippen molar-refractivity contribution < 1.29 is 9.53 Å². The van der Waals surface area contributed by atoms with Crippen molar-refractivity contribution in [1.29, 1.82) is 5.26 Å². The molecule has 1 amide bonds. The van der Waals surface area contributed by atoms with Crippen LogP contribution >= 0.6 is 0 Å². The predicted octanol–water partition coefficient (Wildman–Crippen LogP) is 3.98. The third-order valence-electron chi connectivity index (χ3n) is 4.21. The molecule has 0 aliphatic heterocycles. The Bertz CT molecular complexity index is 1060. The number of hydrogen-bond acceptors (Lipinski definition) is 4. The number of methoxy groups -OCH3 is 1. The van der Waals surface area contributed by atoms with Gasteiger partial charge in [-0.15, -0.1) is 0 Å². The Labute approximate surface area is 170 Å². The summed E-state index contributed by atoms with van der Waals surface area (Å²) in [6.45, 7) is 3.70. The summed E-state index contributed by atoms with van der Waals surface area (Å²) < 4.78 is 6.96. The second-order valence-corrected chi connectivity index (χ2v) is 6.74. The molecule has 6 heteroatoms. The van der Waals surface area contributed by atoms with Crippen molar-refractivity contribution in [3.63, 3.8) is 0 Å². The van der Waals surface area contributed by atoms with Crippen molar-refractivity contribution in [1.82, 2.24) is 15.1 Å². The number of para-hydroxylation sites is 1. The van der Waals surface area contributed by atoms with Gasteiger partial charge in [0.15, 0.2) is 0 Å². The molecule has 0 saturated heterocycles. The first-order chi connectivity index (χ1) is 14.0. The lowest BCUT2D eigenvalue weighted by Crippen LogP contribution is -2.30. The molecule has 0 fully saturated rings. The molecule has 29 heavy (non-hydrogen) atoms. The molecule has 0 unspecified atom stereocenters. The number of rotatable bonds is 6. The molecule has 0 aliphatic rings. The summed E-state index contributed by atoms with van der Waals surface area (Å²) in [5.74, 6) is 0.331. The molecule has 0 atom stereocenters. The minimum absolute atomic E-state index is 0.0288. The standard InChI is InChI=1S/C23H22N4O2/c1-16(2)25-23(28)18(14-24)13-19-15-27(20-7-5-4-6-8-20)26-22(19)17-9-11-21(29-3)12-10-17/h4-13,15-16H,1-3H3,(H,25,28). The summed E-state index contributed by atoms with van der Waals surface area (Å²) in [6, 6.07) is 19.1. The van der Waals surface area contributed by atoms with E-state index in [9.17, 15) is 10.1 Å². The van der Waals surface area contributed by atoms with Crippen LogP contribution in [-0.4, -0.2) is 28.8 Å². The summed E-state index contributed by atoms with van der Waals surface area (Å²) >= 11 is 0. The van der Waals surface area contributed by atoms with E-state index in [0.717, 1.165) is 17.0 Å². The Kier molecular flexibility index (Phi) is 6.10. The minimum Gasteiger partial charge on any atom is -0.497 e. The highest BCUT2D eigenvalue weighted by atomic mass is 16.5. The summed E-state index contributed by atoms with van der Waals surface area (Å²) in [6.07, 6.45) is 3.39. The van der Waals surface area contributed by atoms with Gasteiger partial charge in [-0.1, -0.05) is 18.2 Å². The van der Waals surface area contributed by atoms with Gasteiger partial charge in [0.05, 0.1) is 18.5 Å². The lowest BCUT2D eigenvalue weighted by atomic mass is 10.1. The van der Waals surface area contributed by atoms with Gasteiger partial charge in [0, 0.05) is 23.4 Å². The van der Waals surface area contributed by atoms with Gasteiger partial charge in [-0.05, 0) is 56.3 Å². The molecule has 0 bridgehead atoms. The number of carbonyl (C=O) groups excluding carboxylic acids is 1. The molecular formula is C23H22N4O2. The smallest absolute Gasteiger partial charge is 0.262 e. The lowest BCUT2D eigenvalue weighted by Gasteiger charge is -2.07. The lowest BCUT2D eigenvalue weighted by molar-refractivity contribution is -0.117. The quantitative estimate of drug-likeness (QED) is 0.513. The van der Waals surface area contributed by atoms with Crippen LogP contribution in [0.1, 0.15) is 19.4 Å². The Hall–Kier alpha value is -3.85. The van der Waals surface area contributed by atoms with E-state index in [1.807, 2.05) is 80.7 Å². The maximum absolute atomic E-state index is 12.4. The number of aromatic nitrogens is 2. The number of carbonyl (C=O) groups is 1. The van der Waals surface area contributed by atoms with Crippen molar-refractivity contribution in [2.45, 2.75) is 19.9 Å². The zero-order valence-corrected chi connectivity index (χ0v) is 16.6. The number of benzene rings is 2. The number of amides is 1. The van der Waals surface area contributed by atoms with Crippen molar-refractivity contribution >= 4 is 12.0 Å².